The highest BCUT2D eigenvalue weighted by Gasteiger charge is 2.30. The normalized spacial score (nSPS) is 16.7. The lowest BCUT2D eigenvalue weighted by Gasteiger charge is -2.18. The number of hydrogen-bond acceptors (Lipinski definition) is 4. The van der Waals surface area contributed by atoms with Crippen LogP contribution in [-0.2, 0) is 11.3 Å². The van der Waals surface area contributed by atoms with Gasteiger partial charge in [-0.2, -0.15) is 0 Å². The molecule has 1 heterocycles. The van der Waals surface area contributed by atoms with Crippen LogP contribution in [0.15, 0.2) is 24.3 Å². The Labute approximate surface area is 132 Å². The molecule has 1 aliphatic heterocycles. The molecule has 0 radical (unpaired) electrons. The van der Waals surface area contributed by atoms with E-state index in [0.29, 0.717) is 12.1 Å². The molecule has 0 aromatic heterocycles. The molecule has 0 aliphatic carbocycles. The number of nitrogens with one attached hydrogen (secondary N) is 2. The first-order chi connectivity index (χ1) is 10.9. The minimum Gasteiger partial charge on any atom is -0.406 e. The summed E-state index contributed by atoms with van der Waals surface area (Å²) >= 11 is 0. The number of amides is 1. The lowest BCUT2D eigenvalue weighted by molar-refractivity contribution is -0.274. The SMILES string of the molecule is O=C(CN1CCCNCC1)NCc1ccc(OC(F)(F)F)cc1. The Balaban J connectivity index is 1.75. The summed E-state index contributed by atoms with van der Waals surface area (Å²) in [6, 6.07) is 5.46. The Hall–Kier alpha value is -1.80. The summed E-state index contributed by atoms with van der Waals surface area (Å²) in [4.78, 5) is 14.0. The third-order valence-electron chi connectivity index (χ3n) is 3.45. The van der Waals surface area contributed by atoms with Crippen molar-refractivity contribution in [3.05, 3.63) is 29.8 Å². The molecule has 1 saturated heterocycles. The minimum absolute atomic E-state index is 0.0949. The molecule has 1 aliphatic rings. The van der Waals surface area contributed by atoms with Crippen LogP contribution in [0.2, 0.25) is 0 Å². The van der Waals surface area contributed by atoms with Gasteiger partial charge in [0, 0.05) is 19.6 Å². The average Bonchev–Trinajstić information content (AvgIpc) is 2.73. The summed E-state index contributed by atoms with van der Waals surface area (Å²) in [6.07, 6.45) is -3.69. The van der Waals surface area contributed by atoms with Gasteiger partial charge < -0.3 is 15.4 Å². The van der Waals surface area contributed by atoms with Crippen LogP contribution in [0.4, 0.5) is 13.2 Å². The summed E-state index contributed by atoms with van der Waals surface area (Å²) in [5.74, 6) is -0.368. The molecule has 0 spiro atoms. The topological polar surface area (TPSA) is 53.6 Å². The van der Waals surface area contributed by atoms with Crippen molar-refractivity contribution in [1.82, 2.24) is 15.5 Å². The number of nitrogens with zero attached hydrogens (tertiary/aromatic N) is 1. The maximum Gasteiger partial charge on any atom is 0.573 e. The maximum absolute atomic E-state index is 12.1. The standard InChI is InChI=1S/C15H20F3N3O2/c16-15(17,18)23-13-4-2-12(3-5-13)10-20-14(22)11-21-8-1-6-19-7-9-21/h2-5,19H,1,6-11H2,(H,20,22). The van der Waals surface area contributed by atoms with Crippen molar-refractivity contribution < 1.29 is 22.7 Å². The lowest BCUT2D eigenvalue weighted by atomic mass is 10.2. The van der Waals surface area contributed by atoms with Gasteiger partial charge in [0.15, 0.2) is 0 Å². The van der Waals surface area contributed by atoms with Gasteiger partial charge in [-0.1, -0.05) is 12.1 Å². The first-order valence-corrected chi connectivity index (χ1v) is 7.47. The van der Waals surface area contributed by atoms with E-state index in [1.165, 1.54) is 24.3 Å². The Morgan fingerprint density at radius 3 is 2.65 bits per heavy atom. The quantitative estimate of drug-likeness (QED) is 0.859. The number of halogens is 3. The molecule has 1 aromatic rings. The smallest absolute Gasteiger partial charge is 0.406 e. The zero-order valence-electron chi connectivity index (χ0n) is 12.7. The van der Waals surface area contributed by atoms with Gasteiger partial charge in [-0.15, -0.1) is 13.2 Å². The number of hydrogen-bond donors (Lipinski definition) is 2. The lowest BCUT2D eigenvalue weighted by Crippen LogP contribution is -2.38. The molecule has 0 atom stereocenters. The Morgan fingerprint density at radius 2 is 1.96 bits per heavy atom. The monoisotopic (exact) mass is 331 g/mol. The number of carbonyl (C=O) groups is 1. The highest BCUT2D eigenvalue weighted by atomic mass is 19.4. The second-order valence-corrected chi connectivity index (χ2v) is 5.35. The van der Waals surface area contributed by atoms with Crippen molar-refractivity contribution in [3.8, 4) is 5.75 Å². The molecule has 0 bridgehead atoms. The van der Waals surface area contributed by atoms with E-state index >= 15 is 0 Å². The van der Waals surface area contributed by atoms with E-state index < -0.39 is 6.36 Å². The van der Waals surface area contributed by atoms with Crippen LogP contribution in [0.25, 0.3) is 0 Å². The van der Waals surface area contributed by atoms with Crippen LogP contribution in [0, 0.1) is 0 Å². The summed E-state index contributed by atoms with van der Waals surface area (Å²) in [7, 11) is 0. The molecular weight excluding hydrogens is 311 g/mol. The molecule has 128 valence electrons. The Bertz CT molecular complexity index is 498. The van der Waals surface area contributed by atoms with Crippen molar-refractivity contribution >= 4 is 5.91 Å². The third-order valence-corrected chi connectivity index (χ3v) is 3.45. The number of benzene rings is 1. The van der Waals surface area contributed by atoms with Gasteiger partial charge in [0.2, 0.25) is 5.91 Å². The zero-order valence-corrected chi connectivity index (χ0v) is 12.7. The van der Waals surface area contributed by atoms with Gasteiger partial charge in [0.25, 0.3) is 0 Å². The largest absolute Gasteiger partial charge is 0.573 e. The van der Waals surface area contributed by atoms with E-state index in [2.05, 4.69) is 20.3 Å². The predicted octanol–water partition coefficient (Wildman–Crippen LogP) is 1.50. The van der Waals surface area contributed by atoms with E-state index in [-0.39, 0.29) is 18.2 Å². The van der Waals surface area contributed by atoms with Crippen molar-refractivity contribution in [3.63, 3.8) is 0 Å². The zero-order chi connectivity index (χ0) is 16.7. The fraction of sp³-hybridized carbons (Fsp3) is 0.533. The van der Waals surface area contributed by atoms with Gasteiger partial charge in [-0.3, -0.25) is 9.69 Å². The maximum atomic E-state index is 12.1. The summed E-state index contributed by atoms with van der Waals surface area (Å²) in [5, 5.41) is 6.03. The molecular formula is C15H20F3N3O2. The highest BCUT2D eigenvalue weighted by Crippen LogP contribution is 2.22. The average molecular weight is 331 g/mol. The third kappa shape index (κ3) is 6.87. The summed E-state index contributed by atoms with van der Waals surface area (Å²) < 4.78 is 40.0. The van der Waals surface area contributed by atoms with Crippen LogP contribution in [0.5, 0.6) is 5.75 Å². The molecule has 23 heavy (non-hydrogen) atoms. The first kappa shape index (κ1) is 17.6. The van der Waals surface area contributed by atoms with Gasteiger partial charge in [0.05, 0.1) is 6.54 Å². The van der Waals surface area contributed by atoms with E-state index in [9.17, 15) is 18.0 Å². The second kappa shape index (κ2) is 8.16. The molecule has 0 saturated carbocycles. The fourth-order valence-corrected chi connectivity index (χ4v) is 2.33. The predicted molar refractivity (Wildman–Crippen MR) is 78.9 cm³/mol. The molecule has 0 unspecified atom stereocenters. The van der Waals surface area contributed by atoms with Crippen molar-refractivity contribution in [1.29, 1.82) is 0 Å². The molecule has 8 heteroatoms. The van der Waals surface area contributed by atoms with Gasteiger partial charge in [-0.05, 0) is 37.2 Å². The first-order valence-electron chi connectivity index (χ1n) is 7.47. The van der Waals surface area contributed by atoms with Crippen LogP contribution < -0.4 is 15.4 Å². The van der Waals surface area contributed by atoms with E-state index in [0.717, 1.165) is 32.6 Å². The molecule has 1 aromatic carbocycles. The molecule has 2 rings (SSSR count). The Morgan fingerprint density at radius 1 is 1.22 bits per heavy atom. The van der Waals surface area contributed by atoms with Crippen molar-refractivity contribution in [2.45, 2.75) is 19.3 Å². The number of ether oxygens (including phenoxy) is 1. The van der Waals surface area contributed by atoms with Crippen LogP contribution in [0.1, 0.15) is 12.0 Å². The molecule has 2 N–H and O–H groups in total. The highest BCUT2D eigenvalue weighted by molar-refractivity contribution is 5.78. The Kier molecular flexibility index (Phi) is 6.23. The number of rotatable bonds is 5. The van der Waals surface area contributed by atoms with E-state index in [4.69, 9.17) is 0 Å². The number of alkyl halides is 3. The van der Waals surface area contributed by atoms with E-state index in [1.54, 1.807) is 0 Å². The van der Waals surface area contributed by atoms with Crippen LogP contribution in [0.3, 0.4) is 0 Å². The molecule has 1 amide bonds. The summed E-state index contributed by atoms with van der Waals surface area (Å²) in [5.41, 5.74) is 0.713. The second-order valence-electron chi connectivity index (χ2n) is 5.35. The minimum atomic E-state index is -4.70. The van der Waals surface area contributed by atoms with Gasteiger partial charge in [-0.25, -0.2) is 0 Å². The van der Waals surface area contributed by atoms with Gasteiger partial charge >= 0.3 is 6.36 Å². The molecule has 1 fully saturated rings. The fourth-order valence-electron chi connectivity index (χ4n) is 2.33. The van der Waals surface area contributed by atoms with Gasteiger partial charge in [0.1, 0.15) is 5.75 Å². The number of carbonyl (C=O) groups excluding carboxylic acids is 1. The van der Waals surface area contributed by atoms with Crippen LogP contribution in [-0.4, -0.2) is 49.9 Å². The molecule has 5 nitrogen and oxygen atoms in total. The summed E-state index contributed by atoms with van der Waals surface area (Å²) in [6.45, 7) is 4.15. The van der Waals surface area contributed by atoms with Crippen LogP contribution >= 0.6 is 0 Å². The van der Waals surface area contributed by atoms with Crippen molar-refractivity contribution in [2.75, 3.05) is 32.7 Å². The van der Waals surface area contributed by atoms with E-state index in [1.807, 2.05) is 0 Å². The van der Waals surface area contributed by atoms with Crippen molar-refractivity contribution in [2.24, 2.45) is 0 Å².